The largest absolute Gasteiger partial charge is 0.486 e. The molecule has 0 saturated carbocycles. The van der Waals surface area contributed by atoms with Gasteiger partial charge in [0.15, 0.2) is 17.3 Å². The Kier molecular flexibility index (Phi) is 3.40. The van der Waals surface area contributed by atoms with Crippen molar-refractivity contribution in [2.45, 2.75) is 19.3 Å². The molecule has 3 heterocycles. The molecule has 0 aliphatic carbocycles. The molecule has 1 atom stereocenters. The third-order valence-corrected chi connectivity index (χ3v) is 4.16. The fraction of sp³-hybridized carbons (Fsp3) is 0.438. The highest BCUT2D eigenvalue weighted by molar-refractivity contribution is 5.95. The Morgan fingerprint density at radius 3 is 2.87 bits per heavy atom. The number of amides is 1. The average molecular weight is 315 g/mol. The Hall–Kier alpha value is -2.57. The van der Waals surface area contributed by atoms with Crippen LogP contribution in [0.5, 0.6) is 11.5 Å². The molecule has 0 N–H and O–H groups in total. The van der Waals surface area contributed by atoms with Gasteiger partial charge in [-0.2, -0.15) is 4.98 Å². The summed E-state index contributed by atoms with van der Waals surface area (Å²) in [5, 5.41) is 3.82. The molecule has 1 fully saturated rings. The molecule has 2 aliphatic rings. The summed E-state index contributed by atoms with van der Waals surface area (Å²) < 4.78 is 16.2. The predicted octanol–water partition coefficient (Wildman–Crippen LogP) is 1.78. The van der Waals surface area contributed by atoms with Crippen molar-refractivity contribution in [2.75, 3.05) is 26.3 Å². The van der Waals surface area contributed by atoms with Crippen LogP contribution in [0.1, 0.15) is 34.4 Å². The summed E-state index contributed by atoms with van der Waals surface area (Å²) in [4.78, 5) is 18.8. The second-order valence-corrected chi connectivity index (χ2v) is 5.78. The van der Waals surface area contributed by atoms with Crippen LogP contribution < -0.4 is 9.47 Å². The number of ether oxygens (including phenoxy) is 2. The molecular weight excluding hydrogens is 298 g/mol. The molecule has 2 aromatic rings. The minimum absolute atomic E-state index is 0.0132. The molecule has 2 aliphatic heterocycles. The highest BCUT2D eigenvalue weighted by Crippen LogP contribution is 2.32. The van der Waals surface area contributed by atoms with Gasteiger partial charge in [-0.15, -0.1) is 0 Å². The number of hydrogen-bond donors (Lipinski definition) is 0. The normalized spacial score (nSPS) is 19.9. The van der Waals surface area contributed by atoms with E-state index in [-0.39, 0.29) is 11.8 Å². The highest BCUT2D eigenvalue weighted by atomic mass is 16.6. The molecule has 1 unspecified atom stereocenters. The van der Waals surface area contributed by atoms with E-state index < -0.39 is 0 Å². The highest BCUT2D eigenvalue weighted by Gasteiger charge is 2.31. The van der Waals surface area contributed by atoms with Gasteiger partial charge in [0.05, 0.1) is 5.92 Å². The van der Waals surface area contributed by atoms with Gasteiger partial charge in [-0.1, -0.05) is 5.16 Å². The van der Waals surface area contributed by atoms with Crippen LogP contribution in [0, 0.1) is 6.92 Å². The molecular formula is C16H17N3O4. The Balaban J connectivity index is 1.49. The molecule has 1 amide bonds. The zero-order valence-corrected chi connectivity index (χ0v) is 12.8. The van der Waals surface area contributed by atoms with Crippen molar-refractivity contribution >= 4 is 5.91 Å². The van der Waals surface area contributed by atoms with E-state index in [1.807, 2.05) is 4.90 Å². The van der Waals surface area contributed by atoms with E-state index in [1.165, 1.54) is 0 Å². The van der Waals surface area contributed by atoms with Gasteiger partial charge in [-0.05, 0) is 31.5 Å². The number of carbonyl (C=O) groups excluding carboxylic acids is 1. The molecule has 7 heteroatoms. The van der Waals surface area contributed by atoms with Crippen molar-refractivity contribution in [1.82, 2.24) is 15.0 Å². The van der Waals surface area contributed by atoms with Gasteiger partial charge < -0.3 is 18.9 Å². The first-order valence-electron chi connectivity index (χ1n) is 7.70. The van der Waals surface area contributed by atoms with Crippen molar-refractivity contribution in [2.24, 2.45) is 0 Å². The van der Waals surface area contributed by atoms with Gasteiger partial charge in [0.1, 0.15) is 13.2 Å². The maximum Gasteiger partial charge on any atom is 0.254 e. The molecule has 1 saturated heterocycles. The summed E-state index contributed by atoms with van der Waals surface area (Å²) in [6.45, 7) is 4.11. The Bertz CT molecular complexity index is 743. The van der Waals surface area contributed by atoms with E-state index in [2.05, 4.69) is 10.1 Å². The second kappa shape index (κ2) is 5.57. The lowest BCUT2D eigenvalue weighted by molar-refractivity contribution is 0.0788. The van der Waals surface area contributed by atoms with Crippen molar-refractivity contribution in [1.29, 1.82) is 0 Å². The van der Waals surface area contributed by atoms with Crippen LogP contribution in [-0.2, 0) is 0 Å². The lowest BCUT2D eigenvalue weighted by Crippen LogP contribution is -2.28. The van der Waals surface area contributed by atoms with E-state index in [0.717, 1.165) is 6.42 Å². The van der Waals surface area contributed by atoms with E-state index >= 15 is 0 Å². The first-order valence-corrected chi connectivity index (χ1v) is 7.70. The number of benzene rings is 1. The topological polar surface area (TPSA) is 77.7 Å². The third kappa shape index (κ3) is 2.62. The summed E-state index contributed by atoms with van der Waals surface area (Å²) in [5.41, 5.74) is 0.608. The molecule has 7 nitrogen and oxygen atoms in total. The number of carbonyl (C=O) groups is 1. The number of aromatic nitrogens is 2. The SMILES string of the molecule is Cc1noc(C2CCN(C(=O)c3ccc4c(c3)OCCO4)C2)n1. The standard InChI is InChI=1S/C16H17N3O4/c1-10-17-15(23-18-10)12-4-5-19(9-12)16(20)11-2-3-13-14(8-11)22-7-6-21-13/h2-3,8,12H,4-7,9H2,1H3. The zero-order valence-electron chi connectivity index (χ0n) is 12.8. The van der Waals surface area contributed by atoms with E-state index in [4.69, 9.17) is 14.0 Å². The van der Waals surface area contributed by atoms with Gasteiger partial charge in [0.2, 0.25) is 5.89 Å². The lowest BCUT2D eigenvalue weighted by atomic mass is 10.1. The number of fused-ring (bicyclic) bond motifs is 1. The molecule has 0 bridgehead atoms. The third-order valence-electron chi connectivity index (χ3n) is 4.16. The lowest BCUT2D eigenvalue weighted by Gasteiger charge is -2.20. The Labute approximate surface area is 133 Å². The summed E-state index contributed by atoms with van der Waals surface area (Å²) in [5.74, 6) is 2.65. The second-order valence-electron chi connectivity index (χ2n) is 5.78. The molecule has 1 aromatic carbocycles. The smallest absolute Gasteiger partial charge is 0.254 e. The van der Waals surface area contributed by atoms with E-state index in [1.54, 1.807) is 25.1 Å². The fourth-order valence-corrected chi connectivity index (χ4v) is 2.98. The summed E-state index contributed by atoms with van der Waals surface area (Å²) >= 11 is 0. The van der Waals surface area contributed by atoms with Crippen LogP contribution in [-0.4, -0.2) is 47.3 Å². The van der Waals surface area contributed by atoms with Crippen LogP contribution in [0.25, 0.3) is 0 Å². The summed E-state index contributed by atoms with van der Waals surface area (Å²) in [6.07, 6.45) is 0.831. The van der Waals surface area contributed by atoms with Crippen LogP contribution >= 0.6 is 0 Å². The molecule has 4 rings (SSSR count). The van der Waals surface area contributed by atoms with Gasteiger partial charge in [-0.25, -0.2) is 0 Å². The number of aryl methyl sites for hydroxylation is 1. The Morgan fingerprint density at radius 1 is 1.26 bits per heavy atom. The predicted molar refractivity (Wildman–Crippen MR) is 79.7 cm³/mol. The minimum Gasteiger partial charge on any atom is -0.486 e. The first-order chi connectivity index (χ1) is 11.2. The van der Waals surface area contributed by atoms with Crippen molar-refractivity contribution in [3.05, 3.63) is 35.5 Å². The molecule has 23 heavy (non-hydrogen) atoms. The maximum absolute atomic E-state index is 12.7. The zero-order chi connectivity index (χ0) is 15.8. The van der Waals surface area contributed by atoms with E-state index in [9.17, 15) is 4.79 Å². The maximum atomic E-state index is 12.7. The van der Waals surface area contributed by atoms with Crippen LogP contribution in [0.4, 0.5) is 0 Å². The molecule has 0 radical (unpaired) electrons. The summed E-state index contributed by atoms with van der Waals surface area (Å²) in [7, 11) is 0. The quantitative estimate of drug-likeness (QED) is 0.840. The minimum atomic E-state index is -0.0132. The van der Waals surface area contributed by atoms with Gasteiger partial charge in [-0.3, -0.25) is 4.79 Å². The van der Waals surface area contributed by atoms with Gasteiger partial charge in [0, 0.05) is 18.7 Å². The number of likely N-dealkylation sites (tertiary alicyclic amines) is 1. The number of hydrogen-bond acceptors (Lipinski definition) is 6. The molecule has 1 aromatic heterocycles. The molecule has 0 spiro atoms. The Morgan fingerprint density at radius 2 is 2.09 bits per heavy atom. The van der Waals surface area contributed by atoms with Gasteiger partial charge >= 0.3 is 0 Å². The van der Waals surface area contributed by atoms with Gasteiger partial charge in [0.25, 0.3) is 5.91 Å². The number of rotatable bonds is 2. The van der Waals surface area contributed by atoms with E-state index in [0.29, 0.717) is 55.1 Å². The van der Waals surface area contributed by atoms with Crippen LogP contribution in [0.15, 0.2) is 22.7 Å². The van der Waals surface area contributed by atoms with Crippen molar-refractivity contribution < 1.29 is 18.8 Å². The fourth-order valence-electron chi connectivity index (χ4n) is 2.98. The first kappa shape index (κ1) is 14.0. The number of nitrogens with zero attached hydrogens (tertiary/aromatic N) is 3. The van der Waals surface area contributed by atoms with Crippen molar-refractivity contribution in [3.63, 3.8) is 0 Å². The van der Waals surface area contributed by atoms with Crippen LogP contribution in [0.3, 0.4) is 0 Å². The van der Waals surface area contributed by atoms with Crippen molar-refractivity contribution in [3.8, 4) is 11.5 Å². The van der Waals surface area contributed by atoms with Crippen LogP contribution in [0.2, 0.25) is 0 Å². The average Bonchev–Trinajstić information content (AvgIpc) is 3.22. The monoisotopic (exact) mass is 315 g/mol. The molecule has 120 valence electrons. The summed E-state index contributed by atoms with van der Waals surface area (Å²) in [6, 6.07) is 5.32.